The molecule has 0 saturated carbocycles. The minimum atomic E-state index is 1.13. The van der Waals surface area contributed by atoms with E-state index >= 15 is 0 Å². The van der Waals surface area contributed by atoms with Crippen molar-refractivity contribution in [2.75, 3.05) is 4.90 Å². The Bertz CT molecular complexity index is 2190. The lowest BCUT2D eigenvalue weighted by atomic mass is 9.96. The second-order valence-corrected chi connectivity index (χ2v) is 10.6. The third-order valence-corrected chi connectivity index (χ3v) is 8.35. The number of aryl methyl sites for hydroxylation is 1. The van der Waals surface area contributed by atoms with Gasteiger partial charge in [-0.1, -0.05) is 121 Å². The summed E-state index contributed by atoms with van der Waals surface area (Å²) in [6, 6.07) is 54.6. The summed E-state index contributed by atoms with van der Waals surface area (Å²) >= 11 is 0. The van der Waals surface area contributed by atoms with Gasteiger partial charge in [0.15, 0.2) is 0 Å². The molecule has 0 amide bonds. The molecule has 194 valence electrons. The van der Waals surface area contributed by atoms with Crippen molar-refractivity contribution in [1.82, 2.24) is 4.57 Å². The average Bonchev–Trinajstić information content (AvgIpc) is 3.36. The molecule has 0 radical (unpaired) electrons. The summed E-state index contributed by atoms with van der Waals surface area (Å²) in [5.74, 6) is 0. The van der Waals surface area contributed by atoms with E-state index in [0.717, 1.165) is 17.1 Å². The first kappa shape index (κ1) is 23.5. The molecule has 2 nitrogen and oxygen atoms in total. The van der Waals surface area contributed by atoms with Gasteiger partial charge in [0.05, 0.1) is 16.7 Å². The Labute approximate surface area is 239 Å². The van der Waals surface area contributed by atoms with Gasteiger partial charge >= 0.3 is 0 Å². The van der Waals surface area contributed by atoms with E-state index in [4.69, 9.17) is 0 Å². The van der Waals surface area contributed by atoms with Gasteiger partial charge in [-0.25, -0.2) is 0 Å². The van der Waals surface area contributed by atoms with E-state index in [2.05, 4.69) is 168 Å². The maximum atomic E-state index is 2.41. The summed E-state index contributed by atoms with van der Waals surface area (Å²) in [6.07, 6.45) is 0. The predicted molar refractivity (Wildman–Crippen MR) is 176 cm³/mol. The van der Waals surface area contributed by atoms with Gasteiger partial charge in [0.25, 0.3) is 0 Å². The lowest BCUT2D eigenvalue weighted by molar-refractivity contribution is 1.02. The fourth-order valence-electron chi connectivity index (χ4n) is 6.56. The smallest absolute Gasteiger partial charge is 0.0734 e. The Morgan fingerprint density at radius 3 is 1.61 bits per heavy atom. The van der Waals surface area contributed by atoms with Crippen molar-refractivity contribution < 1.29 is 0 Å². The molecule has 8 rings (SSSR count). The van der Waals surface area contributed by atoms with Crippen molar-refractivity contribution in [2.45, 2.75) is 0 Å². The van der Waals surface area contributed by atoms with Crippen LogP contribution in [0.2, 0.25) is 0 Å². The molecule has 1 heterocycles. The number of para-hydroxylation sites is 2. The van der Waals surface area contributed by atoms with Gasteiger partial charge in [-0.05, 0) is 57.6 Å². The molecule has 0 spiro atoms. The van der Waals surface area contributed by atoms with Crippen LogP contribution >= 0.6 is 0 Å². The van der Waals surface area contributed by atoms with E-state index in [9.17, 15) is 0 Å². The van der Waals surface area contributed by atoms with Crippen LogP contribution in [-0.2, 0) is 7.05 Å². The molecule has 0 N–H and O–H groups in total. The number of aromatic nitrogens is 1. The SMILES string of the molecule is Cn1c2c(N(c3ccccc3)c3ccc(-c4ccccc4)cc3)cccc2c2c3ccccc3c3ccccc3c21. The summed E-state index contributed by atoms with van der Waals surface area (Å²) in [7, 11) is 2.22. The maximum absolute atomic E-state index is 2.41. The molecule has 2 heteroatoms. The van der Waals surface area contributed by atoms with E-state index in [1.165, 1.54) is 54.5 Å². The minimum Gasteiger partial charge on any atom is -0.341 e. The predicted octanol–water partition coefficient (Wildman–Crippen LogP) is 10.8. The largest absolute Gasteiger partial charge is 0.341 e. The van der Waals surface area contributed by atoms with Gasteiger partial charge < -0.3 is 9.47 Å². The molecule has 0 unspecified atom stereocenters. The Hall–Kier alpha value is -5.34. The molecule has 0 bridgehead atoms. The number of fused-ring (bicyclic) bond motifs is 8. The van der Waals surface area contributed by atoms with Crippen LogP contribution in [0.15, 0.2) is 152 Å². The molecule has 7 aromatic carbocycles. The van der Waals surface area contributed by atoms with Gasteiger partial charge in [-0.3, -0.25) is 0 Å². The highest BCUT2D eigenvalue weighted by Crippen LogP contribution is 2.45. The van der Waals surface area contributed by atoms with Crippen molar-refractivity contribution in [3.8, 4) is 11.1 Å². The first-order valence-corrected chi connectivity index (χ1v) is 14.1. The molecule has 1 aromatic heterocycles. The lowest BCUT2D eigenvalue weighted by Gasteiger charge is -2.27. The van der Waals surface area contributed by atoms with Gasteiger partial charge in [0.1, 0.15) is 0 Å². The van der Waals surface area contributed by atoms with Crippen LogP contribution in [0.3, 0.4) is 0 Å². The standard InChI is InChI=1S/C39H28N2/c1-40-38-35(37-33-19-10-8-17-31(33)32-18-9-11-20-34(32)39(37)40)21-12-22-36(38)41(29-15-6-3-7-16-29)30-25-23-28(24-26-30)27-13-4-2-5-14-27/h2-26H,1H3. The molecule has 41 heavy (non-hydrogen) atoms. The van der Waals surface area contributed by atoms with Crippen LogP contribution in [-0.4, -0.2) is 4.57 Å². The molecule has 0 aliphatic rings. The Balaban J connectivity index is 1.44. The third kappa shape index (κ3) is 3.65. The first-order valence-electron chi connectivity index (χ1n) is 14.1. The van der Waals surface area contributed by atoms with Crippen molar-refractivity contribution in [3.05, 3.63) is 152 Å². The van der Waals surface area contributed by atoms with E-state index in [-0.39, 0.29) is 0 Å². The molecule has 0 saturated heterocycles. The zero-order valence-electron chi connectivity index (χ0n) is 22.8. The van der Waals surface area contributed by atoms with E-state index < -0.39 is 0 Å². The summed E-state index contributed by atoms with van der Waals surface area (Å²) < 4.78 is 2.41. The molecule has 0 fully saturated rings. The quantitative estimate of drug-likeness (QED) is 0.208. The number of rotatable bonds is 4. The summed E-state index contributed by atoms with van der Waals surface area (Å²) in [5, 5.41) is 7.74. The van der Waals surface area contributed by atoms with Gasteiger partial charge in [-0.2, -0.15) is 0 Å². The monoisotopic (exact) mass is 524 g/mol. The first-order chi connectivity index (χ1) is 20.3. The Kier molecular flexibility index (Phi) is 5.39. The molecule has 0 atom stereocenters. The van der Waals surface area contributed by atoms with Crippen molar-refractivity contribution in [1.29, 1.82) is 0 Å². The van der Waals surface area contributed by atoms with Gasteiger partial charge in [0, 0.05) is 34.6 Å². The molecule has 0 aliphatic heterocycles. The summed E-state index contributed by atoms with van der Waals surface area (Å²) in [5.41, 5.74) is 8.35. The van der Waals surface area contributed by atoms with Crippen LogP contribution < -0.4 is 4.90 Å². The number of hydrogen-bond acceptors (Lipinski definition) is 1. The zero-order valence-corrected chi connectivity index (χ0v) is 22.8. The van der Waals surface area contributed by atoms with Gasteiger partial charge in [0.2, 0.25) is 0 Å². The highest BCUT2D eigenvalue weighted by atomic mass is 15.2. The van der Waals surface area contributed by atoms with Crippen LogP contribution in [0.1, 0.15) is 0 Å². The minimum absolute atomic E-state index is 1.13. The van der Waals surface area contributed by atoms with Crippen LogP contribution in [0.25, 0.3) is 54.5 Å². The van der Waals surface area contributed by atoms with Crippen LogP contribution in [0.5, 0.6) is 0 Å². The number of hydrogen-bond donors (Lipinski definition) is 0. The second kappa shape index (κ2) is 9.39. The number of benzene rings is 7. The fraction of sp³-hybridized carbons (Fsp3) is 0.0256. The molecular formula is C39H28N2. The topological polar surface area (TPSA) is 8.17 Å². The highest BCUT2D eigenvalue weighted by molar-refractivity contribution is 6.32. The number of nitrogens with zero attached hydrogens (tertiary/aromatic N) is 2. The Morgan fingerprint density at radius 1 is 0.390 bits per heavy atom. The van der Waals surface area contributed by atoms with Gasteiger partial charge in [-0.15, -0.1) is 0 Å². The summed E-state index contributed by atoms with van der Waals surface area (Å²) in [4.78, 5) is 2.39. The maximum Gasteiger partial charge on any atom is 0.0734 e. The zero-order chi connectivity index (χ0) is 27.3. The van der Waals surface area contributed by atoms with Crippen molar-refractivity contribution >= 4 is 60.4 Å². The lowest BCUT2D eigenvalue weighted by Crippen LogP contribution is -2.11. The summed E-state index contributed by atoms with van der Waals surface area (Å²) in [6.45, 7) is 0. The normalized spacial score (nSPS) is 11.5. The molecular weight excluding hydrogens is 496 g/mol. The highest BCUT2D eigenvalue weighted by Gasteiger charge is 2.22. The van der Waals surface area contributed by atoms with Crippen LogP contribution in [0.4, 0.5) is 17.1 Å². The van der Waals surface area contributed by atoms with Crippen LogP contribution in [0, 0.1) is 0 Å². The van der Waals surface area contributed by atoms with Crippen molar-refractivity contribution in [2.24, 2.45) is 7.05 Å². The molecule has 0 aliphatic carbocycles. The van der Waals surface area contributed by atoms with Crippen molar-refractivity contribution in [3.63, 3.8) is 0 Å². The average molecular weight is 525 g/mol. The second-order valence-electron chi connectivity index (χ2n) is 10.6. The fourth-order valence-corrected chi connectivity index (χ4v) is 6.56. The number of anilines is 3. The molecule has 8 aromatic rings. The Morgan fingerprint density at radius 2 is 0.902 bits per heavy atom. The van der Waals surface area contributed by atoms with E-state index in [0.29, 0.717) is 0 Å². The van der Waals surface area contributed by atoms with E-state index in [1.54, 1.807) is 0 Å². The third-order valence-electron chi connectivity index (χ3n) is 8.35. The van der Waals surface area contributed by atoms with E-state index in [1.807, 2.05) is 0 Å².